The van der Waals surface area contributed by atoms with Crippen LogP contribution in [-0.2, 0) is 0 Å². The van der Waals surface area contributed by atoms with Crippen LogP contribution in [0.2, 0.25) is 0 Å². The molecule has 170 valence electrons. The number of aryl methyl sites for hydroxylation is 2. The molecule has 0 unspecified atom stereocenters. The molecule has 0 bridgehead atoms. The summed E-state index contributed by atoms with van der Waals surface area (Å²) in [5, 5.41) is 0. The van der Waals surface area contributed by atoms with E-state index in [1.807, 2.05) is 60.7 Å². The van der Waals surface area contributed by atoms with Crippen molar-refractivity contribution in [2.45, 2.75) is 38.5 Å². The van der Waals surface area contributed by atoms with E-state index < -0.39 is 0 Å². The molecule has 0 spiro atoms. The number of rotatable bonds is 9. The SMILES string of the molecule is Cc1ccc([C@H](CC(=O)c2ccccc2)[C@@H](CC(=O)c2ccccc2)c2ccc(C)cc2)cc1. The van der Waals surface area contributed by atoms with Gasteiger partial charge in [0.15, 0.2) is 11.6 Å². The van der Waals surface area contributed by atoms with Gasteiger partial charge in [0.2, 0.25) is 0 Å². The molecule has 0 aliphatic heterocycles. The highest BCUT2D eigenvalue weighted by atomic mass is 16.1. The summed E-state index contributed by atoms with van der Waals surface area (Å²) in [5.74, 6) is -0.0572. The average molecular weight is 447 g/mol. The van der Waals surface area contributed by atoms with Gasteiger partial charge < -0.3 is 0 Å². The first-order chi connectivity index (χ1) is 16.5. The normalized spacial score (nSPS) is 12.6. The van der Waals surface area contributed by atoms with Crippen molar-refractivity contribution in [3.05, 3.63) is 143 Å². The van der Waals surface area contributed by atoms with Crippen LogP contribution in [0.5, 0.6) is 0 Å². The lowest BCUT2D eigenvalue weighted by atomic mass is 9.75. The number of benzene rings is 4. The maximum absolute atomic E-state index is 13.4. The Hall–Kier alpha value is -3.78. The highest BCUT2D eigenvalue weighted by Gasteiger charge is 2.30. The Balaban J connectivity index is 1.75. The fourth-order valence-electron chi connectivity index (χ4n) is 4.50. The van der Waals surface area contributed by atoms with Crippen molar-refractivity contribution < 1.29 is 9.59 Å². The van der Waals surface area contributed by atoms with Crippen LogP contribution in [0.3, 0.4) is 0 Å². The third-order valence-electron chi connectivity index (χ3n) is 6.50. The molecule has 0 aromatic heterocycles. The molecule has 2 heteroatoms. The van der Waals surface area contributed by atoms with E-state index in [2.05, 4.69) is 62.4 Å². The van der Waals surface area contributed by atoms with Gasteiger partial charge in [-0.3, -0.25) is 9.59 Å². The standard InChI is InChI=1S/C32H30O2/c1-23-13-17-25(18-14-23)29(21-31(33)27-9-5-3-6-10-27)30(26-19-15-24(2)16-20-26)22-32(34)28-11-7-4-8-12-28/h3-20,29-30H,21-22H2,1-2H3/t29-,30-/m0/s1. The highest BCUT2D eigenvalue weighted by Crippen LogP contribution is 2.40. The van der Waals surface area contributed by atoms with Gasteiger partial charge in [-0.25, -0.2) is 0 Å². The van der Waals surface area contributed by atoms with Gasteiger partial charge in [-0.2, -0.15) is 0 Å². The second kappa shape index (κ2) is 10.9. The zero-order chi connectivity index (χ0) is 23.9. The summed E-state index contributed by atoms with van der Waals surface area (Å²) < 4.78 is 0. The quantitative estimate of drug-likeness (QED) is 0.247. The lowest BCUT2D eigenvalue weighted by Crippen LogP contribution is -2.19. The Morgan fingerprint density at radius 3 is 1.15 bits per heavy atom. The fraction of sp³-hybridized carbons (Fsp3) is 0.188. The summed E-state index contributed by atoms with van der Waals surface area (Å²) in [6, 6.07) is 35.6. The van der Waals surface area contributed by atoms with Crippen molar-refractivity contribution in [2.24, 2.45) is 0 Å². The van der Waals surface area contributed by atoms with E-state index in [4.69, 9.17) is 0 Å². The second-order valence-corrected chi connectivity index (χ2v) is 9.02. The zero-order valence-electron chi connectivity index (χ0n) is 19.8. The van der Waals surface area contributed by atoms with Crippen molar-refractivity contribution in [1.82, 2.24) is 0 Å². The minimum atomic E-state index is -0.122. The van der Waals surface area contributed by atoms with Crippen LogP contribution >= 0.6 is 0 Å². The van der Waals surface area contributed by atoms with Gasteiger partial charge in [-0.1, -0.05) is 120 Å². The number of carbonyl (C=O) groups is 2. The zero-order valence-corrected chi connectivity index (χ0v) is 19.8. The molecular weight excluding hydrogens is 416 g/mol. The third-order valence-corrected chi connectivity index (χ3v) is 6.50. The summed E-state index contributed by atoms with van der Waals surface area (Å²) >= 11 is 0. The van der Waals surface area contributed by atoms with Crippen LogP contribution in [0.4, 0.5) is 0 Å². The third kappa shape index (κ3) is 5.77. The van der Waals surface area contributed by atoms with Crippen LogP contribution in [0, 0.1) is 13.8 Å². The molecule has 0 saturated carbocycles. The van der Waals surface area contributed by atoms with Crippen LogP contribution < -0.4 is 0 Å². The van der Waals surface area contributed by atoms with Crippen molar-refractivity contribution in [3.8, 4) is 0 Å². The Labute approximate surface area is 202 Å². The van der Waals surface area contributed by atoms with Gasteiger partial charge >= 0.3 is 0 Å². The number of hydrogen-bond donors (Lipinski definition) is 0. The first-order valence-corrected chi connectivity index (χ1v) is 11.8. The molecule has 34 heavy (non-hydrogen) atoms. The molecule has 4 aromatic rings. The monoisotopic (exact) mass is 446 g/mol. The van der Waals surface area contributed by atoms with Gasteiger partial charge in [0.05, 0.1) is 0 Å². The first kappa shape index (κ1) is 23.4. The van der Waals surface area contributed by atoms with Crippen molar-refractivity contribution >= 4 is 11.6 Å². The molecular formula is C32H30O2. The predicted octanol–water partition coefficient (Wildman–Crippen LogP) is 7.72. The van der Waals surface area contributed by atoms with Crippen LogP contribution in [0.15, 0.2) is 109 Å². The molecule has 0 saturated heterocycles. The second-order valence-electron chi connectivity index (χ2n) is 9.02. The Kier molecular flexibility index (Phi) is 7.49. The molecule has 0 N–H and O–H groups in total. The number of hydrogen-bond acceptors (Lipinski definition) is 2. The smallest absolute Gasteiger partial charge is 0.163 e. The highest BCUT2D eigenvalue weighted by molar-refractivity contribution is 5.98. The molecule has 4 rings (SSSR count). The maximum Gasteiger partial charge on any atom is 0.163 e. The summed E-state index contributed by atoms with van der Waals surface area (Å²) in [7, 11) is 0. The summed E-state index contributed by atoms with van der Waals surface area (Å²) in [4.78, 5) is 26.7. The molecule has 0 aliphatic carbocycles. The first-order valence-electron chi connectivity index (χ1n) is 11.8. The Bertz CT molecular complexity index is 1120. The molecule has 0 amide bonds. The predicted molar refractivity (Wildman–Crippen MR) is 139 cm³/mol. The number of Topliss-reactive ketones (excluding diaryl/α,β-unsaturated/α-hetero) is 2. The van der Waals surface area contributed by atoms with E-state index in [0.717, 1.165) is 11.1 Å². The molecule has 4 aromatic carbocycles. The Morgan fingerprint density at radius 2 is 0.824 bits per heavy atom. The van der Waals surface area contributed by atoms with E-state index >= 15 is 0 Å². The van der Waals surface area contributed by atoms with Gasteiger partial charge in [0, 0.05) is 24.0 Å². The topological polar surface area (TPSA) is 34.1 Å². The largest absolute Gasteiger partial charge is 0.294 e. The molecule has 0 radical (unpaired) electrons. The summed E-state index contributed by atoms with van der Waals surface area (Å²) in [6.45, 7) is 4.12. The summed E-state index contributed by atoms with van der Waals surface area (Å²) in [5.41, 5.74) is 5.92. The van der Waals surface area contributed by atoms with Crippen LogP contribution in [0.25, 0.3) is 0 Å². The minimum absolute atomic E-state index is 0.0930. The molecule has 0 aliphatic rings. The van der Waals surface area contributed by atoms with E-state index in [1.54, 1.807) is 0 Å². The van der Waals surface area contributed by atoms with Gasteiger partial charge in [0.1, 0.15) is 0 Å². The Morgan fingerprint density at radius 1 is 0.500 bits per heavy atom. The molecule has 2 nitrogen and oxygen atoms in total. The van der Waals surface area contributed by atoms with Crippen molar-refractivity contribution in [3.63, 3.8) is 0 Å². The lowest BCUT2D eigenvalue weighted by Gasteiger charge is -2.28. The molecule has 2 atom stereocenters. The minimum Gasteiger partial charge on any atom is -0.294 e. The van der Waals surface area contributed by atoms with Crippen molar-refractivity contribution in [2.75, 3.05) is 0 Å². The van der Waals surface area contributed by atoms with Gasteiger partial charge in [0.25, 0.3) is 0 Å². The fourth-order valence-corrected chi connectivity index (χ4v) is 4.50. The van der Waals surface area contributed by atoms with E-state index in [0.29, 0.717) is 24.0 Å². The number of ketones is 2. The average Bonchev–Trinajstić information content (AvgIpc) is 2.88. The van der Waals surface area contributed by atoms with E-state index in [-0.39, 0.29) is 23.4 Å². The van der Waals surface area contributed by atoms with E-state index in [1.165, 1.54) is 11.1 Å². The molecule has 0 heterocycles. The van der Waals surface area contributed by atoms with E-state index in [9.17, 15) is 9.59 Å². The maximum atomic E-state index is 13.4. The summed E-state index contributed by atoms with van der Waals surface area (Å²) in [6.07, 6.45) is 0.682. The van der Waals surface area contributed by atoms with Gasteiger partial charge in [-0.15, -0.1) is 0 Å². The van der Waals surface area contributed by atoms with Gasteiger partial charge in [-0.05, 0) is 36.8 Å². The van der Waals surface area contributed by atoms with Crippen molar-refractivity contribution in [1.29, 1.82) is 0 Å². The number of carbonyl (C=O) groups excluding carboxylic acids is 2. The van der Waals surface area contributed by atoms with Crippen LogP contribution in [0.1, 0.15) is 67.6 Å². The lowest BCUT2D eigenvalue weighted by molar-refractivity contribution is 0.0936. The molecule has 0 fully saturated rings. The van der Waals surface area contributed by atoms with Crippen LogP contribution in [-0.4, -0.2) is 11.6 Å².